The molecule has 0 spiro atoms. The molecule has 1 heterocycles. The van der Waals surface area contributed by atoms with E-state index < -0.39 is 0 Å². The van der Waals surface area contributed by atoms with Crippen LogP contribution in [0.15, 0.2) is 17.3 Å². The topological polar surface area (TPSA) is 45.8 Å². The van der Waals surface area contributed by atoms with Gasteiger partial charge in [-0.05, 0) is 49.9 Å². The SMILES string of the molecule is Cc1cc2nc(SC3CCCCC3=O)[nH]c2cc1C. The number of hydrogen-bond acceptors (Lipinski definition) is 3. The van der Waals surface area contributed by atoms with Gasteiger partial charge < -0.3 is 4.98 Å². The number of benzene rings is 1. The van der Waals surface area contributed by atoms with Gasteiger partial charge in [-0.25, -0.2) is 4.98 Å². The first-order chi connectivity index (χ1) is 9.13. The summed E-state index contributed by atoms with van der Waals surface area (Å²) in [5, 5.41) is 0.969. The highest BCUT2D eigenvalue weighted by molar-refractivity contribution is 8.00. The van der Waals surface area contributed by atoms with Crippen LogP contribution in [0.4, 0.5) is 0 Å². The average molecular weight is 274 g/mol. The predicted molar refractivity (Wildman–Crippen MR) is 78.7 cm³/mol. The lowest BCUT2D eigenvalue weighted by Crippen LogP contribution is -2.21. The van der Waals surface area contributed by atoms with Crippen molar-refractivity contribution < 1.29 is 4.79 Å². The summed E-state index contributed by atoms with van der Waals surface area (Å²) < 4.78 is 0. The standard InChI is InChI=1S/C15H18N2OS/c1-9-7-11-12(8-10(9)2)17-15(16-11)19-14-6-4-3-5-13(14)18/h7-8,14H,3-6H2,1-2H3,(H,16,17). The number of aryl methyl sites for hydroxylation is 2. The summed E-state index contributed by atoms with van der Waals surface area (Å²) in [6, 6.07) is 4.23. The van der Waals surface area contributed by atoms with E-state index in [1.165, 1.54) is 11.1 Å². The Morgan fingerprint density at radius 2 is 2.05 bits per heavy atom. The van der Waals surface area contributed by atoms with E-state index in [9.17, 15) is 4.79 Å². The minimum absolute atomic E-state index is 0.0940. The molecule has 1 saturated carbocycles. The van der Waals surface area contributed by atoms with Crippen molar-refractivity contribution >= 4 is 28.6 Å². The van der Waals surface area contributed by atoms with Crippen LogP contribution < -0.4 is 0 Å². The van der Waals surface area contributed by atoms with Gasteiger partial charge in [0.05, 0.1) is 16.3 Å². The number of thioether (sulfide) groups is 1. The number of imidazole rings is 1. The molecule has 3 rings (SSSR count). The molecule has 1 aromatic heterocycles. The number of Topliss-reactive ketones (excluding diaryl/α,β-unsaturated/α-hetero) is 1. The average Bonchev–Trinajstić information content (AvgIpc) is 2.74. The third kappa shape index (κ3) is 2.54. The van der Waals surface area contributed by atoms with Crippen molar-refractivity contribution in [3.63, 3.8) is 0 Å². The van der Waals surface area contributed by atoms with Gasteiger partial charge in [-0.1, -0.05) is 18.2 Å². The normalized spacial score (nSPS) is 20.1. The van der Waals surface area contributed by atoms with Gasteiger partial charge in [-0.3, -0.25) is 4.79 Å². The zero-order chi connectivity index (χ0) is 13.4. The molecule has 1 aromatic carbocycles. The molecule has 19 heavy (non-hydrogen) atoms. The molecule has 2 aromatic rings. The summed E-state index contributed by atoms with van der Waals surface area (Å²) in [6.07, 6.45) is 3.92. The molecule has 1 aliphatic carbocycles. The second-order valence-corrected chi connectivity index (χ2v) is 6.51. The van der Waals surface area contributed by atoms with Gasteiger partial charge in [0.2, 0.25) is 0 Å². The molecular formula is C15H18N2OS. The molecule has 1 fully saturated rings. The van der Waals surface area contributed by atoms with E-state index in [-0.39, 0.29) is 5.25 Å². The van der Waals surface area contributed by atoms with Crippen molar-refractivity contribution in [2.45, 2.75) is 49.9 Å². The number of rotatable bonds is 2. The largest absolute Gasteiger partial charge is 0.333 e. The maximum absolute atomic E-state index is 11.9. The zero-order valence-electron chi connectivity index (χ0n) is 11.3. The van der Waals surface area contributed by atoms with Crippen molar-refractivity contribution in [2.24, 2.45) is 0 Å². The minimum atomic E-state index is 0.0940. The number of fused-ring (bicyclic) bond motifs is 1. The summed E-state index contributed by atoms with van der Waals surface area (Å²) in [5.74, 6) is 0.379. The summed E-state index contributed by atoms with van der Waals surface area (Å²) in [5.41, 5.74) is 4.58. The van der Waals surface area contributed by atoms with Crippen molar-refractivity contribution in [3.8, 4) is 0 Å². The van der Waals surface area contributed by atoms with Crippen LogP contribution >= 0.6 is 11.8 Å². The molecule has 0 aliphatic heterocycles. The molecule has 100 valence electrons. The first-order valence-electron chi connectivity index (χ1n) is 6.80. The number of aromatic amines is 1. The fourth-order valence-electron chi connectivity index (χ4n) is 2.51. The number of ketones is 1. The van der Waals surface area contributed by atoms with E-state index in [4.69, 9.17) is 0 Å². The van der Waals surface area contributed by atoms with Gasteiger partial charge in [0.15, 0.2) is 5.16 Å². The van der Waals surface area contributed by atoms with Crippen molar-refractivity contribution in [1.29, 1.82) is 0 Å². The quantitative estimate of drug-likeness (QED) is 0.906. The van der Waals surface area contributed by atoms with Crippen LogP contribution in [0.25, 0.3) is 11.0 Å². The molecular weight excluding hydrogens is 256 g/mol. The van der Waals surface area contributed by atoms with Crippen LogP contribution in [0.3, 0.4) is 0 Å². The lowest BCUT2D eigenvalue weighted by Gasteiger charge is -2.18. The van der Waals surface area contributed by atoms with E-state index in [2.05, 4.69) is 35.9 Å². The van der Waals surface area contributed by atoms with Crippen LogP contribution in [0.2, 0.25) is 0 Å². The van der Waals surface area contributed by atoms with Gasteiger partial charge in [-0.15, -0.1) is 0 Å². The van der Waals surface area contributed by atoms with E-state index in [1.807, 2.05) is 0 Å². The summed E-state index contributed by atoms with van der Waals surface area (Å²) >= 11 is 1.59. The predicted octanol–water partition coefficient (Wildman–Crippen LogP) is 3.78. The first kappa shape index (κ1) is 12.7. The third-order valence-corrected chi connectivity index (χ3v) is 5.03. The van der Waals surface area contributed by atoms with Crippen LogP contribution in [0.1, 0.15) is 36.8 Å². The molecule has 1 unspecified atom stereocenters. The van der Waals surface area contributed by atoms with Gasteiger partial charge in [0.1, 0.15) is 5.78 Å². The Hall–Kier alpha value is -1.29. The minimum Gasteiger partial charge on any atom is -0.333 e. The monoisotopic (exact) mass is 274 g/mol. The lowest BCUT2D eigenvalue weighted by atomic mass is 9.99. The molecule has 1 N–H and O–H groups in total. The second kappa shape index (κ2) is 5.00. The molecule has 1 atom stereocenters. The zero-order valence-corrected chi connectivity index (χ0v) is 12.1. The Morgan fingerprint density at radius 3 is 2.84 bits per heavy atom. The Labute approximate surface area is 117 Å². The number of nitrogens with zero attached hydrogens (tertiary/aromatic N) is 1. The molecule has 3 nitrogen and oxygen atoms in total. The molecule has 0 saturated heterocycles. The highest BCUT2D eigenvalue weighted by atomic mass is 32.2. The molecule has 0 amide bonds. The van der Waals surface area contributed by atoms with Crippen LogP contribution in [-0.4, -0.2) is 21.0 Å². The number of carbonyl (C=O) groups is 1. The first-order valence-corrected chi connectivity index (χ1v) is 7.68. The van der Waals surface area contributed by atoms with Crippen LogP contribution in [-0.2, 0) is 4.79 Å². The van der Waals surface area contributed by atoms with Crippen LogP contribution in [0, 0.1) is 13.8 Å². The number of aromatic nitrogens is 2. The van der Waals surface area contributed by atoms with Gasteiger partial charge in [-0.2, -0.15) is 0 Å². The van der Waals surface area contributed by atoms with E-state index in [1.54, 1.807) is 11.8 Å². The second-order valence-electron chi connectivity index (χ2n) is 5.31. The third-order valence-electron chi connectivity index (χ3n) is 3.83. The van der Waals surface area contributed by atoms with Gasteiger partial charge in [0, 0.05) is 6.42 Å². The fourth-order valence-corrected chi connectivity index (χ4v) is 3.64. The number of nitrogens with one attached hydrogen (secondary N) is 1. The molecule has 1 aliphatic rings. The van der Waals surface area contributed by atoms with E-state index in [0.717, 1.165) is 41.9 Å². The Morgan fingerprint density at radius 1 is 1.26 bits per heavy atom. The summed E-state index contributed by atoms with van der Waals surface area (Å²) in [6.45, 7) is 4.20. The van der Waals surface area contributed by atoms with Crippen molar-refractivity contribution in [1.82, 2.24) is 9.97 Å². The molecule has 0 bridgehead atoms. The van der Waals surface area contributed by atoms with Crippen LogP contribution in [0.5, 0.6) is 0 Å². The Bertz CT molecular complexity index is 593. The van der Waals surface area contributed by atoms with Crippen molar-refractivity contribution in [3.05, 3.63) is 23.3 Å². The van der Waals surface area contributed by atoms with Gasteiger partial charge in [0.25, 0.3) is 0 Å². The van der Waals surface area contributed by atoms with Crippen molar-refractivity contribution in [2.75, 3.05) is 0 Å². The fraction of sp³-hybridized carbons (Fsp3) is 0.467. The Kier molecular flexibility index (Phi) is 3.35. The Balaban J connectivity index is 1.87. The number of H-pyrrole nitrogens is 1. The number of hydrogen-bond donors (Lipinski definition) is 1. The summed E-state index contributed by atoms with van der Waals surface area (Å²) in [4.78, 5) is 19.8. The number of carbonyl (C=O) groups excluding carboxylic acids is 1. The maximum atomic E-state index is 11.9. The molecule has 4 heteroatoms. The van der Waals surface area contributed by atoms with E-state index >= 15 is 0 Å². The highest BCUT2D eigenvalue weighted by Gasteiger charge is 2.24. The molecule has 0 radical (unpaired) electrons. The summed E-state index contributed by atoms with van der Waals surface area (Å²) in [7, 11) is 0. The lowest BCUT2D eigenvalue weighted by molar-refractivity contribution is -0.119. The smallest absolute Gasteiger partial charge is 0.167 e. The van der Waals surface area contributed by atoms with E-state index in [0.29, 0.717) is 5.78 Å². The maximum Gasteiger partial charge on any atom is 0.167 e. The van der Waals surface area contributed by atoms with Gasteiger partial charge >= 0.3 is 0 Å². The highest BCUT2D eigenvalue weighted by Crippen LogP contribution is 2.31.